The van der Waals surface area contributed by atoms with Crippen LogP contribution in [0.1, 0.15) is 35.8 Å². The Morgan fingerprint density at radius 3 is 2.38 bits per heavy atom. The van der Waals surface area contributed by atoms with Crippen molar-refractivity contribution in [2.75, 3.05) is 4.90 Å². The highest BCUT2D eigenvalue weighted by Crippen LogP contribution is 2.47. The number of carbonyl (C=O) groups excluding carboxylic acids is 2. The summed E-state index contributed by atoms with van der Waals surface area (Å²) in [5, 5.41) is 8.48. The van der Waals surface area contributed by atoms with Crippen LogP contribution in [0, 0.1) is 11.2 Å². The van der Waals surface area contributed by atoms with Crippen LogP contribution in [0.25, 0.3) is 16.6 Å². The maximum atomic E-state index is 14.0. The molecule has 2 amide bonds. The van der Waals surface area contributed by atoms with Crippen molar-refractivity contribution >= 4 is 28.4 Å². The molecular weight excluding hydrogens is 493 g/mol. The number of fused-ring (bicyclic) bond motifs is 1. The molecule has 0 radical (unpaired) electrons. The van der Waals surface area contributed by atoms with Crippen molar-refractivity contribution in [1.82, 2.24) is 20.1 Å². The number of rotatable bonds is 5. The number of pyridine rings is 1. The molecule has 0 saturated carbocycles. The fourth-order valence-electron chi connectivity index (χ4n) is 5.32. The lowest BCUT2D eigenvalue weighted by Gasteiger charge is -2.31. The summed E-state index contributed by atoms with van der Waals surface area (Å²) >= 11 is 0. The summed E-state index contributed by atoms with van der Waals surface area (Å²) in [6, 6.07) is 24.0. The molecule has 39 heavy (non-hydrogen) atoms. The highest BCUT2D eigenvalue weighted by molar-refractivity contribution is 6.04. The van der Waals surface area contributed by atoms with Gasteiger partial charge in [0.15, 0.2) is 0 Å². The molecule has 1 aliphatic heterocycles. The van der Waals surface area contributed by atoms with E-state index >= 15 is 0 Å². The summed E-state index contributed by atoms with van der Waals surface area (Å²) in [4.78, 5) is 33.1. The highest BCUT2D eigenvalue weighted by atomic mass is 19.1. The minimum absolute atomic E-state index is 0.0990. The van der Waals surface area contributed by atoms with Crippen LogP contribution in [-0.4, -0.2) is 32.6 Å². The molecule has 5 aromatic rings. The van der Waals surface area contributed by atoms with E-state index in [0.717, 1.165) is 22.2 Å². The summed E-state index contributed by atoms with van der Waals surface area (Å²) in [7, 11) is 0. The number of hydrogen-bond acceptors (Lipinski definition) is 4. The minimum atomic E-state index is -0.897. The summed E-state index contributed by atoms with van der Waals surface area (Å²) in [6.45, 7) is 3.73. The van der Waals surface area contributed by atoms with Gasteiger partial charge in [-0.3, -0.25) is 14.6 Å². The zero-order chi connectivity index (χ0) is 27.1. The van der Waals surface area contributed by atoms with Crippen LogP contribution in [0.5, 0.6) is 0 Å². The molecule has 6 rings (SSSR count). The van der Waals surface area contributed by atoms with E-state index in [2.05, 4.69) is 15.4 Å². The number of amides is 2. The fraction of sp³-hybridized carbons (Fsp3) is 0.161. The molecule has 3 aromatic carbocycles. The number of halogens is 1. The second-order valence-corrected chi connectivity index (χ2v) is 10.2. The van der Waals surface area contributed by atoms with Crippen molar-refractivity contribution in [1.29, 1.82) is 0 Å². The van der Waals surface area contributed by atoms with Crippen LogP contribution in [0.15, 0.2) is 104 Å². The Balaban J connectivity index is 1.42. The number of hydrogen-bond donors (Lipinski definition) is 1. The highest BCUT2D eigenvalue weighted by Gasteiger charge is 2.55. The zero-order valence-electron chi connectivity index (χ0n) is 21.5. The average Bonchev–Trinajstić information content (AvgIpc) is 3.46. The number of nitrogens with one attached hydrogen (secondary N) is 1. The predicted molar refractivity (Wildman–Crippen MR) is 147 cm³/mol. The molecule has 1 fully saturated rings. The van der Waals surface area contributed by atoms with Gasteiger partial charge in [-0.2, -0.15) is 5.10 Å². The Bertz CT molecular complexity index is 1670. The minimum Gasteiger partial charge on any atom is -0.346 e. The lowest BCUT2D eigenvalue weighted by Crippen LogP contribution is -2.46. The predicted octanol–water partition coefficient (Wildman–Crippen LogP) is 5.47. The van der Waals surface area contributed by atoms with Crippen molar-refractivity contribution in [2.24, 2.45) is 5.41 Å². The van der Waals surface area contributed by atoms with Crippen LogP contribution in [0.4, 0.5) is 10.1 Å². The standard InChI is InChI=1S/C31H26FN5O2/c1-31(2)28(35-29(38)21-9-6-16-33-18-21)27(20-7-4-3-5-8-20)36(30(31)39)25-14-15-26-22(17-25)19-34-37(26)24-12-10-23(32)11-13-24/h3-19,27-28H,1-2H3,(H,35,38)/t27-,28-/m1/s1. The molecule has 1 N–H and O–H groups in total. The first-order valence-electron chi connectivity index (χ1n) is 12.7. The van der Waals surface area contributed by atoms with E-state index in [9.17, 15) is 14.0 Å². The van der Waals surface area contributed by atoms with E-state index in [1.165, 1.54) is 18.3 Å². The van der Waals surface area contributed by atoms with Crippen molar-refractivity contribution in [2.45, 2.75) is 25.9 Å². The molecular formula is C31H26FN5O2. The SMILES string of the molecule is CC1(C)C(=O)N(c2ccc3c(cnn3-c3ccc(F)cc3)c2)[C@H](c2ccccc2)[C@H]1NC(=O)c1cccnc1. The Morgan fingerprint density at radius 1 is 0.923 bits per heavy atom. The van der Waals surface area contributed by atoms with Gasteiger partial charge in [0.1, 0.15) is 5.82 Å². The fourth-order valence-corrected chi connectivity index (χ4v) is 5.32. The molecule has 0 unspecified atom stereocenters. The average molecular weight is 520 g/mol. The summed E-state index contributed by atoms with van der Waals surface area (Å²) in [6.07, 6.45) is 4.86. The van der Waals surface area contributed by atoms with Gasteiger partial charge in [0.25, 0.3) is 5.91 Å². The van der Waals surface area contributed by atoms with Gasteiger partial charge in [-0.05, 0) is 74.0 Å². The van der Waals surface area contributed by atoms with Crippen LogP contribution < -0.4 is 10.2 Å². The molecule has 2 atom stereocenters. The molecule has 0 bridgehead atoms. The van der Waals surface area contributed by atoms with Gasteiger partial charge < -0.3 is 10.2 Å². The van der Waals surface area contributed by atoms with Crippen molar-refractivity contribution in [3.8, 4) is 5.69 Å². The number of benzene rings is 3. The third-order valence-corrected chi connectivity index (χ3v) is 7.39. The Morgan fingerprint density at radius 2 is 1.67 bits per heavy atom. The van der Waals surface area contributed by atoms with Crippen molar-refractivity contribution in [3.63, 3.8) is 0 Å². The third kappa shape index (κ3) is 4.24. The van der Waals surface area contributed by atoms with E-state index in [1.54, 1.807) is 46.2 Å². The van der Waals surface area contributed by atoms with Crippen LogP contribution in [0.2, 0.25) is 0 Å². The van der Waals surface area contributed by atoms with Gasteiger partial charge in [-0.25, -0.2) is 9.07 Å². The van der Waals surface area contributed by atoms with E-state index in [0.29, 0.717) is 11.3 Å². The molecule has 1 saturated heterocycles. The van der Waals surface area contributed by atoms with Crippen LogP contribution in [0.3, 0.4) is 0 Å². The topological polar surface area (TPSA) is 80.1 Å². The lowest BCUT2D eigenvalue weighted by atomic mass is 9.82. The molecule has 8 heteroatoms. The molecule has 0 aliphatic carbocycles. The van der Waals surface area contributed by atoms with Gasteiger partial charge in [-0.15, -0.1) is 0 Å². The van der Waals surface area contributed by atoms with Crippen molar-refractivity contribution < 1.29 is 14.0 Å². The van der Waals surface area contributed by atoms with Gasteiger partial charge >= 0.3 is 0 Å². The maximum Gasteiger partial charge on any atom is 0.253 e. The van der Waals surface area contributed by atoms with Gasteiger partial charge in [0, 0.05) is 23.5 Å². The van der Waals surface area contributed by atoms with Crippen LogP contribution in [-0.2, 0) is 4.79 Å². The first-order chi connectivity index (χ1) is 18.8. The summed E-state index contributed by atoms with van der Waals surface area (Å²) in [5.74, 6) is -0.698. The third-order valence-electron chi connectivity index (χ3n) is 7.39. The molecule has 194 valence electrons. The normalized spacial score (nSPS) is 18.4. The second kappa shape index (κ2) is 9.47. The monoisotopic (exact) mass is 519 g/mol. The van der Waals surface area contributed by atoms with Gasteiger partial charge in [0.05, 0.1) is 40.5 Å². The Labute approximate surface area is 224 Å². The number of nitrogens with zero attached hydrogens (tertiary/aromatic N) is 4. The summed E-state index contributed by atoms with van der Waals surface area (Å²) in [5.41, 5.74) is 2.71. The molecule has 0 spiro atoms. The molecule has 3 heterocycles. The number of aromatic nitrogens is 3. The van der Waals surface area contributed by atoms with Gasteiger partial charge in [-0.1, -0.05) is 30.3 Å². The quantitative estimate of drug-likeness (QED) is 0.334. The van der Waals surface area contributed by atoms with E-state index < -0.39 is 17.5 Å². The Kier molecular flexibility index (Phi) is 5.95. The zero-order valence-corrected chi connectivity index (χ0v) is 21.5. The second-order valence-electron chi connectivity index (χ2n) is 10.2. The van der Waals surface area contributed by atoms with E-state index in [-0.39, 0.29) is 17.6 Å². The molecule has 7 nitrogen and oxygen atoms in total. The maximum absolute atomic E-state index is 14.0. The van der Waals surface area contributed by atoms with E-state index in [1.807, 2.05) is 62.4 Å². The van der Waals surface area contributed by atoms with Crippen LogP contribution >= 0.6 is 0 Å². The van der Waals surface area contributed by atoms with E-state index in [4.69, 9.17) is 0 Å². The first kappa shape index (κ1) is 24.5. The summed E-state index contributed by atoms with van der Waals surface area (Å²) < 4.78 is 15.2. The lowest BCUT2D eigenvalue weighted by molar-refractivity contribution is -0.124. The Hall–Kier alpha value is -4.85. The molecule has 1 aliphatic rings. The van der Waals surface area contributed by atoms with Crippen molar-refractivity contribution in [3.05, 3.63) is 120 Å². The number of carbonyl (C=O) groups is 2. The first-order valence-corrected chi connectivity index (χ1v) is 12.7. The largest absolute Gasteiger partial charge is 0.346 e. The van der Waals surface area contributed by atoms with Gasteiger partial charge in [0.2, 0.25) is 5.91 Å². The molecule has 2 aromatic heterocycles. The smallest absolute Gasteiger partial charge is 0.253 e. The number of anilines is 1.